The van der Waals surface area contributed by atoms with Crippen molar-refractivity contribution in [1.82, 2.24) is 0 Å². The normalized spacial score (nSPS) is 10.2. The molecule has 0 unspecified atom stereocenters. The SMILES string of the molecule is O=C(O)c1cccc(Sc2ccc(I)cc2[N+](=O)[O-])c1. The van der Waals surface area contributed by atoms with E-state index < -0.39 is 10.9 Å². The fraction of sp³-hybridized carbons (Fsp3) is 0. The molecule has 0 saturated heterocycles. The maximum Gasteiger partial charge on any atom is 0.335 e. The first-order valence-electron chi connectivity index (χ1n) is 5.42. The zero-order valence-corrected chi connectivity index (χ0v) is 12.9. The largest absolute Gasteiger partial charge is 0.478 e. The van der Waals surface area contributed by atoms with Crippen molar-refractivity contribution in [3.05, 3.63) is 61.7 Å². The van der Waals surface area contributed by atoms with E-state index in [1.165, 1.54) is 30.0 Å². The second kappa shape index (κ2) is 6.23. The Hall–Kier alpha value is -1.61. The standard InChI is InChI=1S/C13H8INO4S/c14-9-4-5-12(11(7-9)15(18)19)20-10-3-1-2-8(6-10)13(16)17/h1-7H,(H,16,17). The Balaban J connectivity index is 2.37. The van der Waals surface area contributed by atoms with Gasteiger partial charge in [0.1, 0.15) is 0 Å². The highest BCUT2D eigenvalue weighted by atomic mass is 127. The summed E-state index contributed by atoms with van der Waals surface area (Å²) >= 11 is 3.18. The molecular formula is C13H8INO4S. The molecule has 0 aliphatic heterocycles. The summed E-state index contributed by atoms with van der Waals surface area (Å²) in [6.45, 7) is 0. The van der Waals surface area contributed by atoms with Gasteiger partial charge in [-0.15, -0.1) is 0 Å². The second-order valence-corrected chi connectivity index (χ2v) is 6.17. The molecule has 5 nitrogen and oxygen atoms in total. The highest BCUT2D eigenvalue weighted by molar-refractivity contribution is 14.1. The lowest BCUT2D eigenvalue weighted by molar-refractivity contribution is -0.387. The van der Waals surface area contributed by atoms with E-state index in [-0.39, 0.29) is 11.3 Å². The van der Waals surface area contributed by atoms with Gasteiger partial charge in [-0.1, -0.05) is 17.8 Å². The molecule has 2 rings (SSSR count). The van der Waals surface area contributed by atoms with Gasteiger partial charge >= 0.3 is 5.97 Å². The molecule has 0 fully saturated rings. The number of hydrogen-bond donors (Lipinski definition) is 1. The lowest BCUT2D eigenvalue weighted by Crippen LogP contribution is -1.95. The number of benzene rings is 2. The van der Waals surface area contributed by atoms with Crippen LogP contribution in [0.1, 0.15) is 10.4 Å². The number of carbonyl (C=O) groups is 1. The molecule has 0 radical (unpaired) electrons. The third-order valence-corrected chi connectivity index (χ3v) is 4.15. The van der Waals surface area contributed by atoms with Crippen LogP contribution in [-0.4, -0.2) is 16.0 Å². The lowest BCUT2D eigenvalue weighted by Gasteiger charge is -2.04. The molecule has 7 heteroatoms. The third-order valence-electron chi connectivity index (χ3n) is 2.43. The van der Waals surface area contributed by atoms with Crippen LogP contribution in [0.2, 0.25) is 0 Å². The number of halogens is 1. The van der Waals surface area contributed by atoms with Gasteiger partial charge in [0.15, 0.2) is 0 Å². The number of hydrogen-bond acceptors (Lipinski definition) is 4. The van der Waals surface area contributed by atoms with Gasteiger partial charge in [0, 0.05) is 14.5 Å². The molecular weight excluding hydrogens is 393 g/mol. The molecule has 0 spiro atoms. The number of carboxylic acid groups (broad SMARTS) is 1. The predicted octanol–water partition coefficient (Wildman–Crippen LogP) is 4.05. The van der Waals surface area contributed by atoms with Gasteiger partial charge in [-0.2, -0.15) is 0 Å². The molecule has 0 aromatic heterocycles. The highest BCUT2D eigenvalue weighted by Gasteiger charge is 2.15. The molecule has 0 aliphatic rings. The van der Waals surface area contributed by atoms with Gasteiger partial charge in [0.2, 0.25) is 0 Å². The molecule has 0 aliphatic carbocycles. The van der Waals surface area contributed by atoms with Crippen LogP contribution < -0.4 is 0 Å². The summed E-state index contributed by atoms with van der Waals surface area (Å²) in [4.78, 5) is 22.6. The maximum absolute atomic E-state index is 11.0. The molecule has 2 aromatic rings. The van der Waals surface area contributed by atoms with Crippen LogP contribution in [0.25, 0.3) is 0 Å². The van der Waals surface area contributed by atoms with E-state index in [9.17, 15) is 14.9 Å². The van der Waals surface area contributed by atoms with Crippen molar-refractivity contribution in [2.75, 3.05) is 0 Å². The monoisotopic (exact) mass is 401 g/mol. The number of rotatable bonds is 4. The fourth-order valence-corrected chi connectivity index (χ4v) is 2.97. The van der Waals surface area contributed by atoms with Crippen molar-refractivity contribution in [3.8, 4) is 0 Å². The van der Waals surface area contributed by atoms with E-state index in [4.69, 9.17) is 5.11 Å². The van der Waals surface area contributed by atoms with E-state index in [2.05, 4.69) is 0 Å². The van der Waals surface area contributed by atoms with E-state index >= 15 is 0 Å². The zero-order chi connectivity index (χ0) is 14.7. The topological polar surface area (TPSA) is 80.4 Å². The van der Waals surface area contributed by atoms with Crippen LogP contribution in [0.4, 0.5) is 5.69 Å². The van der Waals surface area contributed by atoms with Crippen LogP contribution in [0.3, 0.4) is 0 Å². The summed E-state index contributed by atoms with van der Waals surface area (Å²) in [6.07, 6.45) is 0. The highest BCUT2D eigenvalue weighted by Crippen LogP contribution is 2.35. The minimum atomic E-state index is -1.02. The molecule has 0 heterocycles. The molecule has 1 N–H and O–H groups in total. The summed E-state index contributed by atoms with van der Waals surface area (Å²) in [7, 11) is 0. The number of nitrogens with zero attached hydrogens (tertiary/aromatic N) is 1. The van der Waals surface area contributed by atoms with Crippen LogP contribution in [0.15, 0.2) is 52.3 Å². The maximum atomic E-state index is 11.0. The zero-order valence-electron chi connectivity index (χ0n) is 9.95. The summed E-state index contributed by atoms with van der Waals surface area (Å²) in [5, 5.41) is 20.0. The Labute approximate surface area is 132 Å². The summed E-state index contributed by atoms with van der Waals surface area (Å²) in [6, 6.07) is 11.2. The smallest absolute Gasteiger partial charge is 0.335 e. The number of carboxylic acids is 1. The van der Waals surface area contributed by atoms with E-state index in [0.717, 1.165) is 3.57 Å². The quantitative estimate of drug-likeness (QED) is 0.475. The van der Waals surface area contributed by atoms with Gasteiger partial charge in [-0.25, -0.2) is 4.79 Å². The average molecular weight is 401 g/mol. The lowest BCUT2D eigenvalue weighted by atomic mass is 10.2. The van der Waals surface area contributed by atoms with Crippen LogP contribution in [0.5, 0.6) is 0 Å². The van der Waals surface area contributed by atoms with Crippen molar-refractivity contribution in [3.63, 3.8) is 0 Å². The van der Waals surface area contributed by atoms with Gasteiger partial charge in [-0.05, 0) is 52.9 Å². The second-order valence-electron chi connectivity index (χ2n) is 3.80. The number of aromatic carboxylic acids is 1. The van der Waals surface area contributed by atoms with E-state index in [1.54, 1.807) is 24.3 Å². The van der Waals surface area contributed by atoms with Crippen molar-refractivity contribution in [1.29, 1.82) is 0 Å². The van der Waals surface area contributed by atoms with Crippen LogP contribution in [0, 0.1) is 13.7 Å². The first-order chi connectivity index (χ1) is 9.47. The van der Waals surface area contributed by atoms with Crippen molar-refractivity contribution in [2.45, 2.75) is 9.79 Å². The van der Waals surface area contributed by atoms with Crippen LogP contribution in [-0.2, 0) is 0 Å². The Morgan fingerprint density at radius 1 is 1.25 bits per heavy atom. The summed E-state index contributed by atoms with van der Waals surface area (Å²) in [5.74, 6) is -1.02. The first-order valence-corrected chi connectivity index (χ1v) is 7.32. The molecule has 102 valence electrons. The van der Waals surface area contributed by atoms with Crippen LogP contribution >= 0.6 is 34.4 Å². The molecule has 0 amide bonds. The van der Waals surface area contributed by atoms with Gasteiger partial charge in [-0.3, -0.25) is 10.1 Å². The Morgan fingerprint density at radius 2 is 2.00 bits per heavy atom. The Bertz CT molecular complexity index is 690. The third kappa shape index (κ3) is 3.48. The fourth-order valence-electron chi connectivity index (χ4n) is 1.54. The average Bonchev–Trinajstić information content (AvgIpc) is 2.41. The number of nitro groups is 1. The molecule has 0 bridgehead atoms. The van der Waals surface area contributed by atoms with E-state index in [1.807, 2.05) is 22.6 Å². The van der Waals surface area contributed by atoms with E-state index in [0.29, 0.717) is 9.79 Å². The van der Waals surface area contributed by atoms with Gasteiger partial charge in [0.05, 0.1) is 15.4 Å². The summed E-state index contributed by atoms with van der Waals surface area (Å²) in [5.41, 5.74) is 0.172. The van der Waals surface area contributed by atoms with Crippen molar-refractivity contribution in [2.24, 2.45) is 0 Å². The predicted molar refractivity (Wildman–Crippen MR) is 83.3 cm³/mol. The van der Waals surface area contributed by atoms with Crippen molar-refractivity contribution < 1.29 is 14.8 Å². The molecule has 2 aromatic carbocycles. The van der Waals surface area contributed by atoms with Gasteiger partial charge in [0.25, 0.3) is 5.69 Å². The van der Waals surface area contributed by atoms with Crippen molar-refractivity contribution >= 4 is 46.0 Å². The minimum Gasteiger partial charge on any atom is -0.478 e. The first kappa shape index (κ1) is 14.8. The van der Waals surface area contributed by atoms with Gasteiger partial charge < -0.3 is 5.11 Å². The molecule has 0 saturated carbocycles. The minimum absolute atomic E-state index is 0.0163. The number of nitro benzene ring substituents is 1. The Morgan fingerprint density at radius 3 is 2.65 bits per heavy atom. The molecule has 0 atom stereocenters. The molecule has 20 heavy (non-hydrogen) atoms. The Kier molecular flexibility index (Phi) is 4.61. The summed E-state index contributed by atoms with van der Waals surface area (Å²) < 4.78 is 0.776.